The van der Waals surface area contributed by atoms with Gasteiger partial charge in [0.25, 0.3) is 0 Å². The van der Waals surface area contributed by atoms with Gasteiger partial charge in [-0.3, -0.25) is 4.90 Å². The van der Waals surface area contributed by atoms with Crippen LogP contribution in [0.5, 0.6) is 0 Å². The number of nitrogens with zero attached hydrogens (tertiary/aromatic N) is 5. The lowest BCUT2D eigenvalue weighted by atomic mass is 10.0. The molecule has 2 N–H and O–H groups in total. The Morgan fingerprint density at radius 2 is 2.00 bits per heavy atom. The van der Waals surface area contributed by atoms with Gasteiger partial charge in [-0.15, -0.1) is 0 Å². The van der Waals surface area contributed by atoms with Crippen molar-refractivity contribution in [2.24, 2.45) is 0 Å². The Kier molecular flexibility index (Phi) is 4.98. The molecule has 0 amide bonds. The first-order valence-electron chi connectivity index (χ1n) is 9.36. The van der Waals surface area contributed by atoms with Crippen LogP contribution in [0.15, 0.2) is 6.33 Å². The molecule has 2 aromatic heterocycles. The van der Waals surface area contributed by atoms with Crippen LogP contribution >= 0.6 is 0 Å². The van der Waals surface area contributed by atoms with Gasteiger partial charge in [-0.2, -0.15) is 4.98 Å². The molecule has 2 aromatic rings. The lowest BCUT2D eigenvalue weighted by Crippen LogP contribution is -2.49. The number of hydrogen-bond donors (Lipinski definition) is 2. The normalized spacial score (nSPS) is 20.3. The third-order valence-corrected chi connectivity index (χ3v) is 5.14. The van der Waals surface area contributed by atoms with Gasteiger partial charge < -0.3 is 19.9 Å². The SMILES string of the molecule is CCCNc1ncnc2nc(N3CCC(N4CCOCC4)CC3)[nH]c12. The Hall–Kier alpha value is -1.93. The van der Waals surface area contributed by atoms with Crippen molar-refractivity contribution in [1.29, 1.82) is 0 Å². The number of nitrogens with one attached hydrogen (secondary N) is 2. The Morgan fingerprint density at radius 3 is 2.76 bits per heavy atom. The van der Waals surface area contributed by atoms with Gasteiger partial charge in [0.05, 0.1) is 13.2 Å². The molecule has 0 aromatic carbocycles. The summed E-state index contributed by atoms with van der Waals surface area (Å²) in [5.41, 5.74) is 1.64. The third-order valence-electron chi connectivity index (χ3n) is 5.14. The van der Waals surface area contributed by atoms with Crippen molar-refractivity contribution in [3.8, 4) is 0 Å². The highest BCUT2D eigenvalue weighted by Crippen LogP contribution is 2.25. The van der Waals surface area contributed by atoms with Gasteiger partial charge in [-0.05, 0) is 19.3 Å². The zero-order valence-electron chi connectivity index (χ0n) is 14.9. The first-order valence-corrected chi connectivity index (χ1v) is 9.36. The molecular weight excluding hydrogens is 318 g/mol. The summed E-state index contributed by atoms with van der Waals surface area (Å²) in [6, 6.07) is 0.672. The van der Waals surface area contributed by atoms with E-state index in [0.717, 1.165) is 75.3 Å². The van der Waals surface area contributed by atoms with Crippen LogP contribution in [-0.4, -0.2) is 76.8 Å². The number of piperidine rings is 1. The van der Waals surface area contributed by atoms with E-state index in [9.17, 15) is 0 Å². The summed E-state index contributed by atoms with van der Waals surface area (Å²) in [5, 5.41) is 3.34. The van der Waals surface area contributed by atoms with Crippen LogP contribution in [0.1, 0.15) is 26.2 Å². The number of morpholine rings is 1. The van der Waals surface area contributed by atoms with Crippen molar-refractivity contribution in [3.63, 3.8) is 0 Å². The number of aromatic amines is 1. The van der Waals surface area contributed by atoms with E-state index >= 15 is 0 Å². The van der Waals surface area contributed by atoms with Gasteiger partial charge in [-0.1, -0.05) is 6.92 Å². The average Bonchev–Trinajstić information content (AvgIpc) is 3.12. The van der Waals surface area contributed by atoms with Crippen molar-refractivity contribution in [2.75, 3.05) is 56.2 Å². The van der Waals surface area contributed by atoms with Crippen LogP contribution in [0.25, 0.3) is 11.2 Å². The summed E-state index contributed by atoms with van der Waals surface area (Å²) in [7, 11) is 0. The van der Waals surface area contributed by atoms with Crippen molar-refractivity contribution in [2.45, 2.75) is 32.2 Å². The molecule has 2 aliphatic rings. The number of hydrogen-bond acceptors (Lipinski definition) is 7. The van der Waals surface area contributed by atoms with E-state index in [2.05, 4.69) is 42.0 Å². The molecule has 8 nitrogen and oxygen atoms in total. The van der Waals surface area contributed by atoms with Crippen LogP contribution in [0.3, 0.4) is 0 Å². The number of fused-ring (bicyclic) bond motifs is 1. The fraction of sp³-hybridized carbons (Fsp3) is 0.706. The number of H-pyrrole nitrogens is 1. The standard InChI is InChI=1S/C17H27N7O/c1-2-5-18-15-14-16(20-12-19-15)22-17(21-14)24-6-3-13(4-7-24)23-8-10-25-11-9-23/h12-13H,2-11H2,1H3,(H2,18,19,20,21,22). The van der Waals surface area contributed by atoms with E-state index in [1.165, 1.54) is 12.8 Å². The Labute approximate surface area is 148 Å². The molecule has 8 heteroatoms. The molecule has 0 atom stereocenters. The fourth-order valence-corrected chi connectivity index (χ4v) is 3.73. The largest absolute Gasteiger partial charge is 0.379 e. The zero-order valence-corrected chi connectivity index (χ0v) is 14.9. The van der Waals surface area contributed by atoms with E-state index < -0.39 is 0 Å². The Bertz CT molecular complexity index is 689. The molecule has 4 rings (SSSR count). The van der Waals surface area contributed by atoms with Crippen LogP contribution < -0.4 is 10.2 Å². The lowest BCUT2D eigenvalue weighted by Gasteiger charge is -2.40. The fourth-order valence-electron chi connectivity index (χ4n) is 3.73. The second kappa shape index (κ2) is 7.53. The average molecular weight is 345 g/mol. The van der Waals surface area contributed by atoms with E-state index in [1.807, 2.05) is 0 Å². The van der Waals surface area contributed by atoms with Gasteiger partial charge in [0, 0.05) is 38.8 Å². The van der Waals surface area contributed by atoms with Crippen molar-refractivity contribution < 1.29 is 4.74 Å². The molecule has 136 valence electrons. The maximum absolute atomic E-state index is 5.47. The highest BCUT2D eigenvalue weighted by atomic mass is 16.5. The number of aromatic nitrogens is 4. The van der Waals surface area contributed by atoms with Gasteiger partial charge in [0.15, 0.2) is 11.5 Å². The monoisotopic (exact) mass is 345 g/mol. The predicted octanol–water partition coefficient (Wildman–Crippen LogP) is 1.48. The molecule has 2 saturated heterocycles. The minimum Gasteiger partial charge on any atom is -0.379 e. The van der Waals surface area contributed by atoms with E-state index in [-0.39, 0.29) is 0 Å². The molecule has 4 heterocycles. The number of anilines is 2. The number of rotatable bonds is 5. The molecule has 0 saturated carbocycles. The molecule has 2 aliphatic heterocycles. The first-order chi connectivity index (χ1) is 12.3. The highest BCUT2D eigenvalue weighted by Gasteiger charge is 2.27. The van der Waals surface area contributed by atoms with Gasteiger partial charge in [-0.25, -0.2) is 9.97 Å². The molecule has 0 bridgehead atoms. The molecule has 0 aliphatic carbocycles. The maximum Gasteiger partial charge on any atom is 0.205 e. The summed E-state index contributed by atoms with van der Waals surface area (Å²) >= 11 is 0. The van der Waals surface area contributed by atoms with Crippen LogP contribution in [0, 0.1) is 0 Å². The molecular formula is C17H27N7O. The van der Waals surface area contributed by atoms with Crippen molar-refractivity contribution >= 4 is 22.9 Å². The predicted molar refractivity (Wildman–Crippen MR) is 98.1 cm³/mol. The summed E-state index contributed by atoms with van der Waals surface area (Å²) in [5.74, 6) is 1.75. The van der Waals surface area contributed by atoms with E-state index in [0.29, 0.717) is 6.04 Å². The van der Waals surface area contributed by atoms with Gasteiger partial charge in [0.1, 0.15) is 11.8 Å². The van der Waals surface area contributed by atoms with E-state index in [4.69, 9.17) is 4.74 Å². The zero-order chi connectivity index (χ0) is 17.1. The second-order valence-electron chi connectivity index (χ2n) is 6.77. The molecule has 2 fully saturated rings. The Morgan fingerprint density at radius 1 is 1.20 bits per heavy atom. The molecule has 0 radical (unpaired) electrons. The first kappa shape index (κ1) is 16.5. The number of ether oxygens (including phenoxy) is 1. The van der Waals surface area contributed by atoms with Gasteiger partial charge in [0.2, 0.25) is 5.95 Å². The highest BCUT2D eigenvalue weighted by molar-refractivity contribution is 5.84. The molecule has 0 spiro atoms. The Balaban J connectivity index is 1.44. The topological polar surface area (TPSA) is 82.2 Å². The lowest BCUT2D eigenvalue weighted by molar-refractivity contribution is 0.0114. The number of imidazole rings is 1. The smallest absolute Gasteiger partial charge is 0.205 e. The van der Waals surface area contributed by atoms with E-state index in [1.54, 1.807) is 6.33 Å². The minimum atomic E-state index is 0.672. The summed E-state index contributed by atoms with van der Waals surface area (Å²) < 4.78 is 5.47. The third kappa shape index (κ3) is 3.55. The summed E-state index contributed by atoms with van der Waals surface area (Å²) in [6.07, 6.45) is 4.98. The summed E-state index contributed by atoms with van der Waals surface area (Å²) in [6.45, 7) is 8.95. The van der Waals surface area contributed by atoms with Crippen molar-refractivity contribution in [1.82, 2.24) is 24.8 Å². The van der Waals surface area contributed by atoms with Gasteiger partial charge >= 0.3 is 0 Å². The molecule has 0 unspecified atom stereocenters. The van der Waals surface area contributed by atoms with Crippen LogP contribution in [0.4, 0.5) is 11.8 Å². The quantitative estimate of drug-likeness (QED) is 0.849. The van der Waals surface area contributed by atoms with Crippen LogP contribution in [0.2, 0.25) is 0 Å². The van der Waals surface area contributed by atoms with Crippen LogP contribution in [-0.2, 0) is 4.74 Å². The molecule has 25 heavy (non-hydrogen) atoms. The van der Waals surface area contributed by atoms with Crippen molar-refractivity contribution in [3.05, 3.63) is 6.33 Å². The second-order valence-corrected chi connectivity index (χ2v) is 6.77. The minimum absolute atomic E-state index is 0.672. The maximum atomic E-state index is 5.47. The summed E-state index contributed by atoms with van der Waals surface area (Å²) in [4.78, 5) is 21.7.